The van der Waals surface area contributed by atoms with Crippen molar-refractivity contribution in [1.29, 1.82) is 0 Å². The summed E-state index contributed by atoms with van der Waals surface area (Å²) in [5, 5.41) is 24.4. The number of aromatic nitrogens is 5. The van der Waals surface area contributed by atoms with Crippen LogP contribution in [-0.2, 0) is 0 Å². The minimum absolute atomic E-state index is 0. The first-order valence-electron chi connectivity index (χ1n) is 7.37. The molecule has 0 radical (unpaired) electrons. The van der Waals surface area contributed by atoms with Crippen molar-refractivity contribution in [3.63, 3.8) is 0 Å². The molecule has 0 amide bonds. The van der Waals surface area contributed by atoms with Crippen LogP contribution in [0.3, 0.4) is 0 Å². The average molecular weight is 332 g/mol. The van der Waals surface area contributed by atoms with E-state index < -0.39 is 5.97 Å². The molecule has 3 aromatic heterocycles. The SMILES string of the molecule is CC(C)Nc1cc(-n2ccc(-c3ccnnc3)n2)ncc1C(=O)O.[LiH]. The molecule has 0 aliphatic carbocycles. The Hall–Kier alpha value is -2.69. The van der Waals surface area contributed by atoms with E-state index in [0.717, 1.165) is 11.3 Å². The van der Waals surface area contributed by atoms with Gasteiger partial charge in [0.25, 0.3) is 0 Å². The monoisotopic (exact) mass is 332 g/mol. The van der Waals surface area contributed by atoms with Gasteiger partial charge in [0.2, 0.25) is 0 Å². The third-order valence-electron chi connectivity index (χ3n) is 3.27. The van der Waals surface area contributed by atoms with E-state index in [2.05, 4.69) is 25.6 Å². The maximum atomic E-state index is 11.3. The molecule has 0 aromatic carbocycles. The van der Waals surface area contributed by atoms with Crippen LogP contribution in [0.15, 0.2) is 43.0 Å². The number of carbonyl (C=O) groups is 1. The van der Waals surface area contributed by atoms with E-state index in [9.17, 15) is 9.90 Å². The van der Waals surface area contributed by atoms with Crippen molar-refractivity contribution in [1.82, 2.24) is 25.0 Å². The van der Waals surface area contributed by atoms with Crippen LogP contribution in [-0.4, -0.2) is 60.9 Å². The van der Waals surface area contributed by atoms with Crippen molar-refractivity contribution in [2.24, 2.45) is 0 Å². The topological polar surface area (TPSA) is 106 Å². The van der Waals surface area contributed by atoms with Gasteiger partial charge in [0.05, 0.1) is 23.8 Å². The zero-order chi connectivity index (χ0) is 17.1. The molecule has 0 aliphatic rings. The Labute approximate surface area is 156 Å². The Balaban J connectivity index is 0.00000225. The van der Waals surface area contributed by atoms with E-state index in [-0.39, 0.29) is 30.5 Å². The Bertz CT molecular complexity index is 866. The fourth-order valence-corrected chi connectivity index (χ4v) is 2.22. The normalized spacial score (nSPS) is 10.4. The summed E-state index contributed by atoms with van der Waals surface area (Å²) in [4.78, 5) is 15.5. The van der Waals surface area contributed by atoms with Gasteiger partial charge in [0.1, 0.15) is 5.56 Å². The predicted molar refractivity (Wildman–Crippen MR) is 95.3 cm³/mol. The molecule has 3 rings (SSSR count). The zero-order valence-electron chi connectivity index (χ0n) is 13.2. The summed E-state index contributed by atoms with van der Waals surface area (Å²) in [7, 11) is 0. The molecular weight excluding hydrogens is 315 g/mol. The second kappa shape index (κ2) is 7.92. The minimum atomic E-state index is -1.03. The molecule has 0 saturated heterocycles. The first-order chi connectivity index (χ1) is 11.5. The van der Waals surface area contributed by atoms with Crippen molar-refractivity contribution >= 4 is 30.5 Å². The van der Waals surface area contributed by atoms with Crippen LogP contribution in [0.5, 0.6) is 0 Å². The average Bonchev–Trinajstić information content (AvgIpc) is 3.05. The third-order valence-corrected chi connectivity index (χ3v) is 3.27. The Morgan fingerprint density at radius 1 is 1.24 bits per heavy atom. The summed E-state index contributed by atoms with van der Waals surface area (Å²) in [6.07, 6.45) is 6.31. The van der Waals surface area contributed by atoms with Gasteiger partial charge >= 0.3 is 24.8 Å². The summed E-state index contributed by atoms with van der Waals surface area (Å²) in [5.41, 5.74) is 2.20. The number of pyridine rings is 1. The van der Waals surface area contributed by atoms with Crippen LogP contribution >= 0.6 is 0 Å². The van der Waals surface area contributed by atoms with Gasteiger partial charge in [0.15, 0.2) is 5.82 Å². The number of nitrogens with zero attached hydrogens (tertiary/aromatic N) is 5. The maximum absolute atomic E-state index is 11.3. The number of anilines is 1. The number of hydrogen-bond donors (Lipinski definition) is 2. The summed E-state index contributed by atoms with van der Waals surface area (Å²) in [6.45, 7) is 3.88. The number of carboxylic acid groups (broad SMARTS) is 1. The molecular formula is C16H17LiN6O2. The van der Waals surface area contributed by atoms with Crippen molar-refractivity contribution in [3.8, 4) is 17.1 Å². The van der Waals surface area contributed by atoms with Crippen LogP contribution in [0, 0.1) is 0 Å². The van der Waals surface area contributed by atoms with Crippen LogP contribution in [0.4, 0.5) is 5.69 Å². The predicted octanol–water partition coefficient (Wildman–Crippen LogP) is 1.59. The second-order valence-corrected chi connectivity index (χ2v) is 5.47. The Kier molecular flexibility index (Phi) is 5.91. The summed E-state index contributed by atoms with van der Waals surface area (Å²) in [5.74, 6) is -0.502. The molecule has 0 bridgehead atoms. The molecule has 2 N–H and O–H groups in total. The summed E-state index contributed by atoms with van der Waals surface area (Å²) < 4.78 is 1.59. The van der Waals surface area contributed by atoms with E-state index in [1.807, 2.05) is 26.0 Å². The molecule has 8 nitrogen and oxygen atoms in total. The number of carboxylic acids is 1. The molecule has 0 unspecified atom stereocenters. The van der Waals surface area contributed by atoms with Gasteiger partial charge in [-0.05, 0) is 26.0 Å². The molecule has 0 spiro atoms. The molecule has 0 aliphatic heterocycles. The number of rotatable bonds is 5. The first-order valence-corrected chi connectivity index (χ1v) is 7.37. The fourth-order valence-electron chi connectivity index (χ4n) is 2.22. The number of nitrogens with one attached hydrogen (secondary N) is 1. The number of aromatic carboxylic acids is 1. The van der Waals surface area contributed by atoms with Gasteiger partial charge in [-0.3, -0.25) is 0 Å². The Morgan fingerprint density at radius 3 is 2.68 bits per heavy atom. The van der Waals surface area contributed by atoms with E-state index in [1.54, 1.807) is 29.3 Å². The first kappa shape index (κ1) is 18.6. The zero-order valence-corrected chi connectivity index (χ0v) is 13.2. The standard InChI is InChI=1S/C16H16N6O2.Li.H/c1-10(2)20-14-7-15(17-9-12(14)16(23)24)22-6-4-13(21-22)11-3-5-18-19-8-11;;/h3-10H,1-2H3,(H,17,20)(H,23,24);;. The Morgan fingerprint density at radius 2 is 2.04 bits per heavy atom. The molecule has 124 valence electrons. The molecule has 9 heteroatoms. The van der Waals surface area contributed by atoms with Gasteiger partial charge in [-0.15, -0.1) is 0 Å². The van der Waals surface area contributed by atoms with E-state index in [4.69, 9.17) is 0 Å². The van der Waals surface area contributed by atoms with Crippen LogP contribution < -0.4 is 5.32 Å². The van der Waals surface area contributed by atoms with Crippen molar-refractivity contribution in [2.75, 3.05) is 5.32 Å². The van der Waals surface area contributed by atoms with Gasteiger partial charge < -0.3 is 10.4 Å². The van der Waals surface area contributed by atoms with Crippen LogP contribution in [0.25, 0.3) is 17.1 Å². The molecule has 0 fully saturated rings. The van der Waals surface area contributed by atoms with Crippen molar-refractivity contribution in [3.05, 3.63) is 48.5 Å². The number of hydrogen-bond acceptors (Lipinski definition) is 6. The van der Waals surface area contributed by atoms with Gasteiger partial charge in [-0.2, -0.15) is 15.3 Å². The van der Waals surface area contributed by atoms with Crippen LogP contribution in [0.2, 0.25) is 0 Å². The molecule has 25 heavy (non-hydrogen) atoms. The van der Waals surface area contributed by atoms with E-state index >= 15 is 0 Å². The van der Waals surface area contributed by atoms with Gasteiger partial charge in [-0.25, -0.2) is 14.5 Å². The van der Waals surface area contributed by atoms with E-state index in [0.29, 0.717) is 11.5 Å². The third kappa shape index (κ3) is 4.24. The van der Waals surface area contributed by atoms with Crippen molar-refractivity contribution in [2.45, 2.75) is 19.9 Å². The van der Waals surface area contributed by atoms with Crippen LogP contribution in [0.1, 0.15) is 24.2 Å². The molecule has 3 heterocycles. The molecule has 0 atom stereocenters. The second-order valence-electron chi connectivity index (χ2n) is 5.47. The molecule has 0 saturated carbocycles. The summed E-state index contributed by atoms with van der Waals surface area (Å²) in [6, 6.07) is 5.41. The fraction of sp³-hybridized carbons (Fsp3) is 0.188. The summed E-state index contributed by atoms with van der Waals surface area (Å²) >= 11 is 0. The van der Waals surface area contributed by atoms with Crippen molar-refractivity contribution < 1.29 is 9.90 Å². The van der Waals surface area contributed by atoms with E-state index in [1.165, 1.54) is 6.20 Å². The van der Waals surface area contributed by atoms with Gasteiger partial charge in [0, 0.05) is 30.1 Å². The molecule has 3 aromatic rings. The quantitative estimate of drug-likeness (QED) is 0.683. The van der Waals surface area contributed by atoms with Gasteiger partial charge in [-0.1, -0.05) is 0 Å².